The van der Waals surface area contributed by atoms with Gasteiger partial charge in [-0.05, 0) is 146 Å². The predicted octanol–water partition coefficient (Wildman–Crippen LogP) is 19.0. The molecular formula is C72H96IrNO2SSi-. The minimum absolute atomic E-state index is 0. The van der Waals surface area contributed by atoms with Crippen LogP contribution in [0.25, 0.3) is 32.1 Å². The van der Waals surface area contributed by atoms with Crippen molar-refractivity contribution >= 4 is 66.1 Å². The first-order chi connectivity index (χ1) is 36.5. The number of fused-ring (bicyclic) bond motifs is 2. The molecule has 0 unspecified atom stereocenters. The van der Waals surface area contributed by atoms with Crippen molar-refractivity contribution in [1.82, 2.24) is 4.98 Å². The standard InChI is InChI=1S/C59H72NSSi.C13H24O2.Ir/c1-16-59(15,17-2)55-34-50(24-42-20-18-19-21-54(42)55)57-58-43(22-23-60-57)35-56(61-58)62(51-28-44(36(3)4)25-45(29-51)37(5)6,52-30-46(38(7)8)26-47(31-52)39(9)10)53-32-48(40(11)12)27-49(33-53)41(13)14;1-5-10(6-2)12(14)9-13(15)11(7-3)8-4;/h18-23,25-41H,16-17H2,1-15H3;9-11,14H,5-8H2,1-4H3;/q-1;;/b;12-9-;. The van der Waals surface area contributed by atoms with Gasteiger partial charge in [0, 0.05) is 59.1 Å². The van der Waals surface area contributed by atoms with E-state index >= 15 is 0 Å². The number of allylic oxidation sites excluding steroid dienone is 2. The Hall–Kier alpha value is -4.45. The number of hydrogen-bond acceptors (Lipinski definition) is 4. The number of carbonyl (C=O) groups is 1. The molecule has 0 amide bonds. The number of aliphatic hydroxyl groups excluding tert-OH is 1. The van der Waals surface area contributed by atoms with Crippen LogP contribution >= 0.6 is 11.3 Å². The van der Waals surface area contributed by atoms with E-state index in [4.69, 9.17) is 4.98 Å². The molecule has 0 saturated heterocycles. The predicted molar refractivity (Wildman–Crippen MR) is 341 cm³/mol. The van der Waals surface area contributed by atoms with E-state index in [2.05, 4.69) is 207 Å². The summed E-state index contributed by atoms with van der Waals surface area (Å²) in [6.07, 6.45) is 9.09. The third-order valence-electron chi connectivity index (χ3n) is 17.4. The van der Waals surface area contributed by atoms with Crippen LogP contribution in [0.1, 0.15) is 245 Å². The van der Waals surface area contributed by atoms with Gasteiger partial charge in [0.1, 0.15) is 0 Å². The second kappa shape index (κ2) is 27.8. The summed E-state index contributed by atoms with van der Waals surface area (Å²) in [5.41, 5.74) is 12.1. The fourth-order valence-electron chi connectivity index (χ4n) is 11.2. The molecule has 2 aromatic heterocycles. The second-order valence-corrected chi connectivity index (χ2v) is 29.6. The molecule has 0 fully saturated rings. The Bertz CT molecular complexity index is 2910. The Balaban J connectivity index is 0.000000611. The van der Waals surface area contributed by atoms with E-state index in [9.17, 15) is 9.90 Å². The van der Waals surface area contributed by atoms with Crippen LogP contribution in [-0.4, -0.2) is 23.9 Å². The van der Waals surface area contributed by atoms with Crippen LogP contribution in [0, 0.1) is 17.9 Å². The quantitative estimate of drug-likeness (QED) is 0.0256. The number of nitrogens with zero attached hydrogens (tertiary/aromatic N) is 1. The molecule has 421 valence electrons. The fraction of sp³-hybridized carbons (Fsp3) is 0.472. The molecule has 0 saturated carbocycles. The summed E-state index contributed by atoms with van der Waals surface area (Å²) in [7, 11) is -3.09. The van der Waals surface area contributed by atoms with E-state index in [1.807, 2.05) is 45.2 Å². The zero-order valence-electron chi connectivity index (χ0n) is 51.3. The van der Waals surface area contributed by atoms with Crippen molar-refractivity contribution in [3.63, 3.8) is 0 Å². The Labute approximate surface area is 492 Å². The average molecular weight is 1260 g/mol. The van der Waals surface area contributed by atoms with E-state index in [0.717, 1.165) is 55.2 Å². The minimum Gasteiger partial charge on any atom is -0.512 e. The number of thiophene rings is 1. The molecule has 0 atom stereocenters. The molecule has 0 aliphatic heterocycles. The zero-order valence-corrected chi connectivity index (χ0v) is 55.5. The first kappa shape index (κ1) is 64.4. The summed E-state index contributed by atoms with van der Waals surface area (Å²) in [5.74, 6) is 2.93. The number of ketones is 1. The number of aliphatic hydroxyl groups is 1. The molecule has 7 rings (SSSR count). The summed E-state index contributed by atoms with van der Waals surface area (Å²) in [5, 5.41) is 18.0. The number of aromatic nitrogens is 1. The molecule has 3 nitrogen and oxygen atoms in total. The molecule has 1 N–H and O–H groups in total. The van der Waals surface area contributed by atoms with Crippen molar-refractivity contribution < 1.29 is 30.0 Å². The van der Waals surface area contributed by atoms with Gasteiger partial charge in [-0.2, -0.15) is 0 Å². The van der Waals surface area contributed by atoms with Crippen LogP contribution in [0.15, 0.2) is 115 Å². The smallest absolute Gasteiger partial charge is 0.191 e. The van der Waals surface area contributed by atoms with Crippen molar-refractivity contribution in [3.8, 4) is 11.3 Å². The number of hydrogen-bond donors (Lipinski definition) is 1. The molecule has 6 heteroatoms. The van der Waals surface area contributed by atoms with Crippen molar-refractivity contribution in [2.45, 2.75) is 211 Å². The summed E-state index contributed by atoms with van der Waals surface area (Å²) in [4.78, 5) is 17.0. The molecule has 5 aromatic carbocycles. The largest absolute Gasteiger partial charge is 0.512 e. The third-order valence-corrected chi connectivity index (χ3v) is 23.9. The van der Waals surface area contributed by atoms with E-state index in [1.54, 1.807) is 0 Å². The maximum atomic E-state index is 11.7. The number of pyridine rings is 1. The van der Waals surface area contributed by atoms with Gasteiger partial charge in [-0.1, -0.05) is 215 Å². The van der Waals surface area contributed by atoms with Gasteiger partial charge in [-0.3, -0.25) is 9.78 Å². The fourth-order valence-corrected chi connectivity index (χ4v) is 18.6. The first-order valence-electron chi connectivity index (χ1n) is 29.8. The van der Waals surface area contributed by atoms with Gasteiger partial charge in [-0.25, -0.2) is 0 Å². The molecule has 1 radical (unpaired) electrons. The number of benzene rings is 5. The van der Waals surface area contributed by atoms with E-state index in [0.29, 0.717) is 35.5 Å². The van der Waals surface area contributed by atoms with E-state index < -0.39 is 8.07 Å². The van der Waals surface area contributed by atoms with Gasteiger partial charge in [0.25, 0.3) is 0 Å². The molecule has 78 heavy (non-hydrogen) atoms. The molecular weight excluding hydrogens is 1160 g/mol. The van der Waals surface area contributed by atoms with Gasteiger partial charge < -0.3 is 5.11 Å². The first-order valence-corrected chi connectivity index (χ1v) is 32.6. The zero-order chi connectivity index (χ0) is 56.7. The summed E-state index contributed by atoms with van der Waals surface area (Å²) < 4.78 is 2.72. The Morgan fingerprint density at radius 1 is 0.590 bits per heavy atom. The minimum atomic E-state index is -3.09. The van der Waals surface area contributed by atoms with Crippen LogP contribution in [0.2, 0.25) is 0 Å². The van der Waals surface area contributed by atoms with Gasteiger partial charge in [-0.15, -0.1) is 40.5 Å². The summed E-state index contributed by atoms with van der Waals surface area (Å²) in [6, 6.07) is 43.3. The molecule has 0 bridgehead atoms. The maximum Gasteiger partial charge on any atom is 0.191 e. The SMILES string of the molecule is CCC(C)(CC)c1cc(-c2nccc3cc([Si](c4cc(C(C)C)cc(C(C)C)c4)(c4cc(C(C)C)cc(C(C)C)c4)c4cc(C(C)C)cc(C(C)C)c4)sc23)[c-]c2ccccc12.CCC(CC)C(=O)/C=C(\O)C(CC)CC.[Ir]. The van der Waals surface area contributed by atoms with E-state index in [-0.39, 0.29) is 48.9 Å². The normalized spacial score (nSPS) is 12.6. The van der Waals surface area contributed by atoms with Crippen LogP contribution in [0.5, 0.6) is 0 Å². The molecule has 7 aromatic rings. The molecule has 0 spiro atoms. The topological polar surface area (TPSA) is 50.2 Å². The Morgan fingerprint density at radius 2 is 1.00 bits per heavy atom. The summed E-state index contributed by atoms with van der Waals surface area (Å²) >= 11 is 2.01. The van der Waals surface area contributed by atoms with Crippen molar-refractivity contribution in [2.24, 2.45) is 11.8 Å². The van der Waals surface area contributed by atoms with Crippen LogP contribution in [0.4, 0.5) is 0 Å². The number of rotatable bonds is 21. The van der Waals surface area contributed by atoms with Crippen LogP contribution in [0.3, 0.4) is 0 Å². The maximum absolute atomic E-state index is 11.7. The number of carbonyl (C=O) groups excluding carboxylic acids is 1. The van der Waals surface area contributed by atoms with Crippen molar-refractivity contribution in [1.29, 1.82) is 0 Å². The van der Waals surface area contributed by atoms with Crippen molar-refractivity contribution in [3.05, 3.63) is 160 Å². The molecule has 0 aliphatic carbocycles. The van der Waals surface area contributed by atoms with Gasteiger partial charge in [0.15, 0.2) is 13.9 Å². The third kappa shape index (κ3) is 13.8. The molecule has 0 aliphatic rings. The Morgan fingerprint density at radius 3 is 1.38 bits per heavy atom. The van der Waals surface area contributed by atoms with Crippen LogP contribution in [-0.2, 0) is 30.3 Å². The Kier molecular flexibility index (Phi) is 23.0. The summed E-state index contributed by atoms with van der Waals surface area (Å²) in [6.45, 7) is 43.6. The van der Waals surface area contributed by atoms with Crippen molar-refractivity contribution in [2.75, 3.05) is 0 Å². The van der Waals surface area contributed by atoms with Gasteiger partial charge >= 0.3 is 0 Å². The van der Waals surface area contributed by atoms with Crippen LogP contribution < -0.4 is 20.1 Å². The van der Waals surface area contributed by atoms with Gasteiger partial charge in [0.2, 0.25) is 0 Å². The molecule has 2 heterocycles. The second-order valence-electron chi connectivity index (χ2n) is 24.4. The van der Waals surface area contributed by atoms with E-state index in [1.165, 1.54) is 80.6 Å². The average Bonchev–Trinajstić information content (AvgIpc) is 3.87. The monoisotopic (exact) mass is 1260 g/mol. The van der Waals surface area contributed by atoms with Gasteiger partial charge in [0.05, 0.1) is 5.76 Å².